The summed E-state index contributed by atoms with van der Waals surface area (Å²) < 4.78 is 10.3. The van der Waals surface area contributed by atoms with Crippen molar-refractivity contribution >= 4 is 23.3 Å². The average molecular weight is 492 g/mol. The number of carbonyl (C=O) groups excluding carboxylic acids is 2. The molecule has 7 nitrogen and oxygen atoms in total. The van der Waals surface area contributed by atoms with Gasteiger partial charge < -0.3 is 19.5 Å². The van der Waals surface area contributed by atoms with Crippen molar-refractivity contribution in [2.75, 3.05) is 30.4 Å². The molecule has 192 valence electrons. The molecular weight excluding hydrogens is 454 g/mol. The normalized spacial score (nSPS) is 11.1. The second-order valence-corrected chi connectivity index (χ2v) is 10.1. The van der Waals surface area contributed by atoms with Gasteiger partial charge in [-0.1, -0.05) is 57.1 Å². The molecule has 0 aliphatic carbocycles. The first kappa shape index (κ1) is 27.0. The molecule has 0 atom stereocenters. The van der Waals surface area contributed by atoms with Crippen molar-refractivity contribution in [1.29, 1.82) is 0 Å². The van der Waals surface area contributed by atoms with E-state index in [1.54, 1.807) is 6.07 Å². The fraction of sp³-hybridized carbons (Fsp3) is 0.414. The number of aryl methyl sites for hydroxylation is 2. The molecule has 2 aromatic carbocycles. The van der Waals surface area contributed by atoms with Gasteiger partial charge in [0.1, 0.15) is 5.76 Å². The summed E-state index contributed by atoms with van der Waals surface area (Å²) >= 11 is 0. The summed E-state index contributed by atoms with van der Waals surface area (Å²) in [6.45, 7) is 14.1. The summed E-state index contributed by atoms with van der Waals surface area (Å²) in [7, 11) is 1.38. The number of nitrogens with one attached hydrogen (secondary N) is 1. The zero-order valence-corrected chi connectivity index (χ0v) is 22.3. The highest BCUT2D eigenvalue weighted by Crippen LogP contribution is 2.35. The highest BCUT2D eigenvalue weighted by Gasteiger charge is 2.21. The van der Waals surface area contributed by atoms with Crippen molar-refractivity contribution in [1.82, 2.24) is 5.16 Å². The van der Waals surface area contributed by atoms with Crippen LogP contribution in [0.15, 0.2) is 47.0 Å². The van der Waals surface area contributed by atoms with Crippen LogP contribution in [0.5, 0.6) is 0 Å². The van der Waals surface area contributed by atoms with Gasteiger partial charge in [-0.05, 0) is 54.5 Å². The molecule has 0 spiro atoms. The number of benzene rings is 2. The molecule has 3 aromatic rings. The molecule has 1 aromatic heterocycles. The lowest BCUT2D eigenvalue weighted by Gasteiger charge is -2.31. The van der Waals surface area contributed by atoms with Crippen molar-refractivity contribution in [2.24, 2.45) is 11.8 Å². The quantitative estimate of drug-likeness (QED) is 0.348. The Hall–Kier alpha value is -3.61. The van der Waals surface area contributed by atoms with Gasteiger partial charge in [-0.25, -0.2) is 4.79 Å². The van der Waals surface area contributed by atoms with E-state index in [-0.39, 0.29) is 18.3 Å². The first-order valence-corrected chi connectivity index (χ1v) is 12.4. The monoisotopic (exact) mass is 491 g/mol. The van der Waals surface area contributed by atoms with Crippen LogP contribution in [-0.4, -0.2) is 37.2 Å². The fourth-order valence-electron chi connectivity index (χ4n) is 4.37. The molecule has 0 fully saturated rings. The van der Waals surface area contributed by atoms with Gasteiger partial charge in [0.2, 0.25) is 5.91 Å². The maximum atomic E-state index is 13.0. The summed E-state index contributed by atoms with van der Waals surface area (Å²) in [5.74, 6) is 0.796. The molecule has 0 aliphatic heterocycles. The first-order chi connectivity index (χ1) is 17.1. The molecule has 0 unspecified atom stereocenters. The maximum absolute atomic E-state index is 13.0. The summed E-state index contributed by atoms with van der Waals surface area (Å²) in [6, 6.07) is 13.4. The van der Waals surface area contributed by atoms with Gasteiger partial charge in [0.15, 0.2) is 0 Å². The zero-order valence-electron chi connectivity index (χ0n) is 22.3. The average Bonchev–Trinajstić information content (AvgIpc) is 3.21. The van der Waals surface area contributed by atoms with Crippen LogP contribution in [0.1, 0.15) is 55.1 Å². The second-order valence-electron chi connectivity index (χ2n) is 10.1. The zero-order chi connectivity index (χ0) is 26.4. The van der Waals surface area contributed by atoms with Crippen molar-refractivity contribution in [3.63, 3.8) is 0 Å². The number of amides is 1. The van der Waals surface area contributed by atoms with E-state index in [4.69, 9.17) is 9.26 Å². The molecule has 7 heteroatoms. The molecule has 1 amide bonds. The van der Waals surface area contributed by atoms with Gasteiger partial charge >= 0.3 is 5.97 Å². The Morgan fingerprint density at radius 1 is 1.03 bits per heavy atom. The van der Waals surface area contributed by atoms with Gasteiger partial charge in [0, 0.05) is 19.2 Å². The summed E-state index contributed by atoms with van der Waals surface area (Å²) in [5, 5.41) is 6.98. The van der Waals surface area contributed by atoms with Gasteiger partial charge in [0.25, 0.3) is 0 Å². The minimum absolute atomic E-state index is 0.0801. The van der Waals surface area contributed by atoms with E-state index in [0.29, 0.717) is 28.8 Å². The van der Waals surface area contributed by atoms with Gasteiger partial charge in [-0.2, -0.15) is 0 Å². The van der Waals surface area contributed by atoms with E-state index in [1.165, 1.54) is 7.11 Å². The Bertz CT molecular complexity index is 1200. The minimum atomic E-state index is -0.389. The number of aromatic nitrogens is 1. The van der Waals surface area contributed by atoms with Gasteiger partial charge in [0.05, 0.1) is 36.2 Å². The standard InChI is InChI=1S/C29H37N3O4/c1-18(2)16-32(17-19(3)4)26-12-11-22(24-10-8-9-20(5)28(24)29(34)35-7)14-25(26)30-27(33)15-23-13-21(6)31-36-23/h8-14,18-19H,15-17H2,1-7H3,(H,30,33). The molecule has 0 aliphatic rings. The number of hydrogen-bond donors (Lipinski definition) is 1. The van der Waals surface area contributed by atoms with Crippen LogP contribution < -0.4 is 10.2 Å². The number of hydrogen-bond acceptors (Lipinski definition) is 6. The van der Waals surface area contributed by atoms with Gasteiger partial charge in [-0.3, -0.25) is 4.79 Å². The van der Waals surface area contributed by atoms with Crippen LogP contribution in [0.3, 0.4) is 0 Å². The lowest BCUT2D eigenvalue weighted by atomic mass is 9.95. The van der Waals surface area contributed by atoms with Crippen molar-refractivity contribution < 1.29 is 18.8 Å². The lowest BCUT2D eigenvalue weighted by molar-refractivity contribution is -0.115. The first-order valence-electron chi connectivity index (χ1n) is 12.4. The molecule has 36 heavy (non-hydrogen) atoms. The predicted molar refractivity (Wildman–Crippen MR) is 143 cm³/mol. The third kappa shape index (κ3) is 6.74. The van der Waals surface area contributed by atoms with E-state index < -0.39 is 0 Å². The van der Waals surface area contributed by atoms with Crippen LogP contribution in [0, 0.1) is 25.7 Å². The summed E-state index contributed by atoms with van der Waals surface area (Å²) in [4.78, 5) is 28.0. The smallest absolute Gasteiger partial charge is 0.338 e. The highest BCUT2D eigenvalue weighted by molar-refractivity contribution is 6.01. The second kappa shape index (κ2) is 11.9. The predicted octanol–water partition coefficient (Wildman–Crippen LogP) is 6.04. The van der Waals surface area contributed by atoms with E-state index in [9.17, 15) is 9.59 Å². The maximum Gasteiger partial charge on any atom is 0.338 e. The largest absolute Gasteiger partial charge is 0.465 e. The minimum Gasteiger partial charge on any atom is -0.465 e. The summed E-state index contributed by atoms with van der Waals surface area (Å²) in [5.41, 5.74) is 5.29. The number of ether oxygens (including phenoxy) is 1. The van der Waals surface area contributed by atoms with Crippen LogP contribution in [0.4, 0.5) is 11.4 Å². The van der Waals surface area contributed by atoms with Crippen LogP contribution in [0.2, 0.25) is 0 Å². The molecule has 1 heterocycles. The highest BCUT2D eigenvalue weighted by atomic mass is 16.5. The Morgan fingerprint density at radius 2 is 1.72 bits per heavy atom. The third-order valence-electron chi connectivity index (χ3n) is 5.77. The number of esters is 1. The van der Waals surface area contributed by atoms with E-state index in [0.717, 1.165) is 41.2 Å². The summed E-state index contributed by atoms with van der Waals surface area (Å²) in [6.07, 6.45) is 0.0801. The number of methoxy groups -OCH3 is 1. The molecule has 1 N–H and O–H groups in total. The molecule has 0 saturated carbocycles. The lowest BCUT2D eigenvalue weighted by Crippen LogP contribution is -2.32. The number of anilines is 2. The Kier molecular flexibility index (Phi) is 8.91. The van der Waals surface area contributed by atoms with Crippen LogP contribution in [0.25, 0.3) is 11.1 Å². The van der Waals surface area contributed by atoms with Crippen molar-refractivity contribution in [2.45, 2.75) is 48.0 Å². The fourth-order valence-corrected chi connectivity index (χ4v) is 4.37. The number of rotatable bonds is 10. The third-order valence-corrected chi connectivity index (χ3v) is 5.77. The Labute approximate surface area is 213 Å². The van der Waals surface area contributed by atoms with E-state index in [1.807, 2.05) is 50.2 Å². The van der Waals surface area contributed by atoms with Crippen LogP contribution >= 0.6 is 0 Å². The van der Waals surface area contributed by atoms with Crippen LogP contribution in [-0.2, 0) is 16.0 Å². The van der Waals surface area contributed by atoms with Gasteiger partial charge in [-0.15, -0.1) is 0 Å². The molecule has 0 radical (unpaired) electrons. The molecular formula is C29H37N3O4. The number of carbonyl (C=O) groups is 2. The number of nitrogens with zero attached hydrogens (tertiary/aromatic N) is 2. The topological polar surface area (TPSA) is 84.7 Å². The molecule has 3 rings (SSSR count). The molecule has 0 saturated heterocycles. The van der Waals surface area contributed by atoms with Crippen molar-refractivity contribution in [3.05, 3.63) is 65.0 Å². The molecule has 0 bridgehead atoms. The Balaban J connectivity index is 2.08. The Morgan fingerprint density at radius 3 is 2.31 bits per heavy atom. The van der Waals surface area contributed by atoms with E-state index >= 15 is 0 Å². The SMILES string of the molecule is COC(=O)c1c(C)cccc1-c1ccc(N(CC(C)C)CC(C)C)c(NC(=O)Cc2cc(C)no2)c1. The van der Waals surface area contributed by atoms with Crippen molar-refractivity contribution in [3.8, 4) is 11.1 Å². The van der Waals surface area contributed by atoms with E-state index in [2.05, 4.69) is 43.1 Å².